The van der Waals surface area contributed by atoms with Gasteiger partial charge in [0.1, 0.15) is 0 Å². The van der Waals surface area contributed by atoms with Crippen LogP contribution in [-0.4, -0.2) is 6.85 Å². The third-order valence-corrected chi connectivity index (χ3v) is 13.6. The van der Waals surface area contributed by atoms with E-state index in [1.807, 2.05) is 11.3 Å². The third-order valence-electron chi connectivity index (χ3n) is 12.4. The Bertz CT molecular complexity index is 2800. The van der Waals surface area contributed by atoms with Crippen LogP contribution in [0.5, 0.6) is 0 Å². The highest BCUT2D eigenvalue weighted by atomic mass is 32.1. The van der Waals surface area contributed by atoms with Gasteiger partial charge in [0, 0.05) is 49.2 Å². The molecule has 2 nitrogen and oxygen atoms in total. The summed E-state index contributed by atoms with van der Waals surface area (Å²) in [4.78, 5) is 5.37. The summed E-state index contributed by atoms with van der Waals surface area (Å²) in [5.41, 5.74) is 18.5. The van der Waals surface area contributed by atoms with Gasteiger partial charge >= 0.3 is 6.85 Å². The lowest BCUT2D eigenvalue weighted by Gasteiger charge is -2.50. The summed E-state index contributed by atoms with van der Waals surface area (Å²) in [6, 6.07) is 55.4. The lowest BCUT2D eigenvalue weighted by molar-refractivity contribution is 0.632. The van der Waals surface area contributed by atoms with Gasteiger partial charge in [-0.3, -0.25) is 0 Å². The molecule has 3 aliphatic heterocycles. The largest absolute Gasteiger partial charge is 0.375 e. The third kappa shape index (κ3) is 4.47. The van der Waals surface area contributed by atoms with Crippen LogP contribution in [0.15, 0.2) is 146 Å². The molecule has 1 aromatic heterocycles. The van der Waals surface area contributed by atoms with Crippen LogP contribution in [0.3, 0.4) is 0 Å². The first-order chi connectivity index (χ1) is 26.5. The van der Waals surface area contributed by atoms with Crippen molar-refractivity contribution in [1.82, 2.24) is 0 Å². The van der Waals surface area contributed by atoms with E-state index in [4.69, 9.17) is 0 Å². The molecule has 7 aromatic carbocycles. The lowest BCUT2D eigenvalue weighted by atomic mass is 9.42. The maximum atomic E-state index is 2.72. The summed E-state index contributed by atoms with van der Waals surface area (Å²) in [7, 11) is 0. The molecule has 54 heavy (non-hydrogen) atoms. The highest BCUT2D eigenvalue weighted by Gasteiger charge is 2.49. The molecule has 0 unspecified atom stereocenters. The maximum absolute atomic E-state index is 2.72. The van der Waals surface area contributed by atoms with Crippen LogP contribution in [0.4, 0.5) is 28.4 Å². The van der Waals surface area contributed by atoms with Gasteiger partial charge in [-0.1, -0.05) is 149 Å². The molecule has 0 atom stereocenters. The van der Waals surface area contributed by atoms with E-state index in [0.717, 1.165) is 6.42 Å². The molecule has 4 heteroatoms. The van der Waals surface area contributed by atoms with Crippen molar-refractivity contribution in [3.63, 3.8) is 0 Å². The summed E-state index contributed by atoms with van der Waals surface area (Å²) in [6.45, 7) is 7.12. The van der Waals surface area contributed by atoms with Gasteiger partial charge in [-0.25, -0.2) is 0 Å². The monoisotopic (exact) mass is 712 g/mol. The SMILES string of the molecule is CCCCCc1cc2c3c(c1)N1c4ccccc4C(C)(C)c4cccc(c41)B3N(c1cccc3c1sc1ccccc13)c1cc(-c3ccccc3)ccc1-2. The Balaban J connectivity index is 1.27. The second kappa shape index (κ2) is 12.0. The Morgan fingerprint density at radius 3 is 2.24 bits per heavy atom. The lowest BCUT2D eigenvalue weighted by Crippen LogP contribution is -2.62. The molecule has 0 N–H and O–H groups in total. The van der Waals surface area contributed by atoms with E-state index in [9.17, 15) is 0 Å². The van der Waals surface area contributed by atoms with Gasteiger partial charge in [-0.2, -0.15) is 0 Å². The summed E-state index contributed by atoms with van der Waals surface area (Å²) in [5.74, 6) is 0. The molecule has 8 aromatic rings. The molecule has 0 fully saturated rings. The van der Waals surface area contributed by atoms with Crippen molar-refractivity contribution in [3.8, 4) is 22.3 Å². The number of nitrogens with zero attached hydrogens (tertiary/aromatic N) is 2. The van der Waals surface area contributed by atoms with E-state index < -0.39 is 0 Å². The van der Waals surface area contributed by atoms with E-state index in [2.05, 4.69) is 176 Å². The number of thiophene rings is 1. The molecular weight excluding hydrogens is 671 g/mol. The van der Waals surface area contributed by atoms with Crippen molar-refractivity contribution in [3.05, 3.63) is 162 Å². The van der Waals surface area contributed by atoms with Crippen LogP contribution < -0.4 is 20.6 Å². The molecule has 0 bridgehead atoms. The minimum Gasteiger partial charge on any atom is -0.375 e. The number of fused-ring (bicyclic) bond motifs is 9. The van der Waals surface area contributed by atoms with Crippen molar-refractivity contribution in [2.45, 2.75) is 51.9 Å². The minimum absolute atomic E-state index is 0.0127. The van der Waals surface area contributed by atoms with Gasteiger partial charge in [0.15, 0.2) is 0 Å². The van der Waals surface area contributed by atoms with E-state index >= 15 is 0 Å². The van der Waals surface area contributed by atoms with Crippen molar-refractivity contribution in [2.75, 3.05) is 9.71 Å². The average Bonchev–Trinajstić information content (AvgIpc) is 3.60. The topological polar surface area (TPSA) is 6.48 Å². The van der Waals surface area contributed by atoms with Crippen LogP contribution in [0.25, 0.3) is 42.4 Å². The highest BCUT2D eigenvalue weighted by Crippen LogP contribution is 2.55. The van der Waals surface area contributed by atoms with Gasteiger partial charge in [0.25, 0.3) is 0 Å². The number of para-hydroxylation sites is 2. The molecule has 0 radical (unpaired) electrons. The molecule has 260 valence electrons. The predicted molar refractivity (Wildman–Crippen MR) is 234 cm³/mol. The fourth-order valence-electron chi connectivity index (χ4n) is 9.89. The second-order valence-corrected chi connectivity index (χ2v) is 16.9. The average molecular weight is 713 g/mol. The summed E-state index contributed by atoms with van der Waals surface area (Å²) in [5, 5.41) is 2.66. The molecule has 0 amide bonds. The van der Waals surface area contributed by atoms with Crippen LogP contribution >= 0.6 is 11.3 Å². The maximum Gasteiger partial charge on any atom is 0.333 e. The quantitative estimate of drug-likeness (QED) is 0.125. The minimum atomic E-state index is -0.152. The Morgan fingerprint density at radius 2 is 1.35 bits per heavy atom. The first-order valence-electron chi connectivity index (χ1n) is 19.6. The first-order valence-corrected chi connectivity index (χ1v) is 20.4. The number of hydrogen-bond acceptors (Lipinski definition) is 3. The Kier molecular flexibility index (Phi) is 7.07. The summed E-state index contributed by atoms with van der Waals surface area (Å²) >= 11 is 1.93. The van der Waals surface area contributed by atoms with Crippen LogP contribution in [-0.2, 0) is 11.8 Å². The standard InChI is InChI=1S/C50H41BN2S/c1-4-5-7-16-32-29-38-35-28-27-34(33-17-8-6-9-18-33)31-44(35)53(43-25-14-20-37-36-19-10-13-26-46(36)54-49(37)43)51-41-23-15-22-40-48(41)52(45(30-32)47(38)51)42-24-12-11-21-39(42)50(40,2)3/h6,8-15,17-31H,4-5,7,16H2,1-3H3. The number of rotatable bonds is 6. The number of benzene rings is 7. The molecule has 0 saturated heterocycles. The molecule has 11 rings (SSSR count). The van der Waals surface area contributed by atoms with E-state index in [1.54, 1.807) is 0 Å². The van der Waals surface area contributed by atoms with Crippen LogP contribution in [0.1, 0.15) is 56.7 Å². The molecule has 3 aliphatic rings. The van der Waals surface area contributed by atoms with Crippen LogP contribution in [0, 0.1) is 0 Å². The smallest absolute Gasteiger partial charge is 0.333 e. The van der Waals surface area contributed by atoms with Gasteiger partial charge in [-0.15, -0.1) is 11.3 Å². The predicted octanol–water partition coefficient (Wildman–Crippen LogP) is 12.8. The van der Waals surface area contributed by atoms with Crippen molar-refractivity contribution >= 4 is 77.7 Å². The summed E-state index contributed by atoms with van der Waals surface area (Å²) < 4.78 is 2.67. The van der Waals surface area contributed by atoms with Crippen molar-refractivity contribution in [1.29, 1.82) is 0 Å². The molecule has 0 spiro atoms. The Morgan fingerprint density at radius 1 is 0.593 bits per heavy atom. The van der Waals surface area contributed by atoms with E-state index in [0.29, 0.717) is 0 Å². The zero-order valence-corrected chi connectivity index (χ0v) is 31.9. The van der Waals surface area contributed by atoms with E-state index in [1.165, 1.54) is 118 Å². The zero-order chi connectivity index (χ0) is 36.1. The number of unbranched alkanes of at least 4 members (excludes halogenated alkanes) is 2. The second-order valence-electron chi connectivity index (χ2n) is 15.9. The fraction of sp³-hybridized carbons (Fsp3) is 0.160. The normalized spacial score (nSPS) is 14.5. The zero-order valence-electron chi connectivity index (χ0n) is 31.1. The Hall–Kier alpha value is -5.58. The van der Waals surface area contributed by atoms with E-state index in [-0.39, 0.29) is 12.3 Å². The number of aryl methyl sites for hydroxylation is 1. The van der Waals surface area contributed by atoms with Gasteiger partial charge in [-0.05, 0) is 87.5 Å². The first kappa shape index (κ1) is 31.9. The molecule has 0 aliphatic carbocycles. The number of hydrogen-bond donors (Lipinski definition) is 0. The summed E-state index contributed by atoms with van der Waals surface area (Å²) in [6.07, 6.45) is 4.74. The molecule has 0 saturated carbocycles. The van der Waals surface area contributed by atoms with Crippen LogP contribution in [0.2, 0.25) is 0 Å². The Labute approximate surface area is 322 Å². The van der Waals surface area contributed by atoms with Gasteiger partial charge < -0.3 is 9.71 Å². The van der Waals surface area contributed by atoms with Gasteiger partial charge in [0.2, 0.25) is 0 Å². The highest BCUT2D eigenvalue weighted by molar-refractivity contribution is 7.26. The van der Waals surface area contributed by atoms with Crippen molar-refractivity contribution < 1.29 is 0 Å². The van der Waals surface area contributed by atoms with Crippen molar-refractivity contribution in [2.24, 2.45) is 0 Å². The van der Waals surface area contributed by atoms with Gasteiger partial charge in [0.05, 0.1) is 10.4 Å². The molecular formula is C50H41BN2S. The number of anilines is 5. The molecule has 4 heterocycles. The fourth-order valence-corrected chi connectivity index (χ4v) is 11.1.